The Hall–Kier alpha value is -3.87. The number of aromatic nitrogens is 4. The van der Waals surface area contributed by atoms with Crippen molar-refractivity contribution in [3.05, 3.63) is 66.3 Å². The van der Waals surface area contributed by atoms with E-state index in [1.165, 1.54) is 35.6 Å². The molecule has 0 bridgehead atoms. The fourth-order valence-corrected chi connectivity index (χ4v) is 4.01. The lowest BCUT2D eigenvalue weighted by molar-refractivity contribution is 0.0505. The molecule has 0 aromatic carbocycles. The Balaban J connectivity index is 1.69. The molecular weight excluding hydrogens is 442 g/mol. The minimum Gasteiger partial charge on any atom is -0.443 e. The van der Waals surface area contributed by atoms with Crippen LogP contribution in [0.2, 0.25) is 0 Å². The summed E-state index contributed by atoms with van der Waals surface area (Å²) in [4.78, 5) is 27.2. The number of halogens is 2. The van der Waals surface area contributed by atoms with Gasteiger partial charge in [-0.05, 0) is 51.8 Å². The number of hydrogen-bond donors (Lipinski definition) is 0. The van der Waals surface area contributed by atoms with Crippen molar-refractivity contribution in [3.63, 3.8) is 0 Å². The van der Waals surface area contributed by atoms with E-state index < -0.39 is 29.1 Å². The topological polar surface area (TPSA) is 96.9 Å². The first-order valence-corrected chi connectivity index (χ1v) is 10.8. The van der Waals surface area contributed by atoms with Crippen molar-refractivity contribution in [1.82, 2.24) is 19.5 Å². The minimum absolute atomic E-state index is 0.0125. The summed E-state index contributed by atoms with van der Waals surface area (Å²) in [6.07, 6.45) is 5.91. The first kappa shape index (κ1) is 23.3. The molecular formula is C24H24F2N6O2. The Labute approximate surface area is 195 Å². The zero-order chi connectivity index (χ0) is 24.5. The summed E-state index contributed by atoms with van der Waals surface area (Å²) in [6, 6.07) is 6.43. The largest absolute Gasteiger partial charge is 0.443 e. The maximum Gasteiger partial charge on any atom is 0.417 e. The molecule has 3 aromatic heterocycles. The average molecular weight is 466 g/mol. The van der Waals surface area contributed by atoms with Crippen LogP contribution in [0.5, 0.6) is 0 Å². The molecule has 3 heterocycles. The Bertz CT molecular complexity index is 1220. The second kappa shape index (κ2) is 8.82. The number of alkyl halides is 1. The molecule has 0 radical (unpaired) electrons. The van der Waals surface area contributed by atoms with Crippen LogP contribution in [0.1, 0.15) is 44.9 Å². The summed E-state index contributed by atoms with van der Waals surface area (Å²) in [6.45, 7) is 5.07. The summed E-state index contributed by atoms with van der Waals surface area (Å²) >= 11 is 0. The van der Waals surface area contributed by atoms with Crippen molar-refractivity contribution in [2.24, 2.45) is 0 Å². The number of amides is 1. The standard InChI is InChI=1S/C24H24F2N6O2/c1-23(2,3)34-22(33)32(15-24(9-17(25)10-24)20-19(26)5-4-7-28-20)21-29-12-18(13-30-21)31-8-6-16(11-27)14-31/h4-8,12-14,17H,9-10,15H2,1-3H3/t17-,24+. The highest BCUT2D eigenvalue weighted by Crippen LogP contribution is 2.46. The van der Waals surface area contributed by atoms with Crippen molar-refractivity contribution in [2.75, 3.05) is 11.4 Å². The number of hydrogen-bond acceptors (Lipinski definition) is 6. The van der Waals surface area contributed by atoms with Gasteiger partial charge < -0.3 is 9.30 Å². The SMILES string of the molecule is CC(C)(C)OC(=O)N(C[C@]1(c2ncccc2F)C[C@@H](F)C1)c1ncc(-n2ccc(C#N)c2)cn1. The molecule has 3 aromatic rings. The lowest BCUT2D eigenvalue weighted by atomic mass is 9.64. The van der Waals surface area contributed by atoms with E-state index in [1.807, 2.05) is 6.07 Å². The van der Waals surface area contributed by atoms with Gasteiger partial charge in [-0.3, -0.25) is 4.98 Å². The van der Waals surface area contributed by atoms with Gasteiger partial charge >= 0.3 is 6.09 Å². The Kier molecular flexibility index (Phi) is 6.04. The van der Waals surface area contributed by atoms with Gasteiger partial charge in [-0.15, -0.1) is 0 Å². The number of rotatable bonds is 5. The second-order valence-electron chi connectivity index (χ2n) is 9.35. The predicted molar refractivity (Wildman–Crippen MR) is 120 cm³/mol. The Morgan fingerprint density at radius 2 is 2.00 bits per heavy atom. The molecule has 0 spiro atoms. The van der Waals surface area contributed by atoms with Gasteiger partial charge in [-0.2, -0.15) is 5.26 Å². The van der Waals surface area contributed by atoms with Crippen LogP contribution in [0.15, 0.2) is 49.2 Å². The smallest absolute Gasteiger partial charge is 0.417 e. The third-order valence-corrected chi connectivity index (χ3v) is 5.55. The van der Waals surface area contributed by atoms with Crippen molar-refractivity contribution in [2.45, 2.75) is 50.8 Å². The van der Waals surface area contributed by atoms with Gasteiger partial charge in [0, 0.05) is 30.6 Å². The number of ether oxygens (including phenoxy) is 1. The van der Waals surface area contributed by atoms with Crippen LogP contribution in [0, 0.1) is 17.1 Å². The fraction of sp³-hybridized carbons (Fsp3) is 0.375. The number of carbonyl (C=O) groups excluding carboxylic acids is 1. The maximum atomic E-state index is 14.7. The molecule has 1 fully saturated rings. The van der Waals surface area contributed by atoms with Gasteiger partial charge in [-0.25, -0.2) is 28.4 Å². The van der Waals surface area contributed by atoms with Crippen LogP contribution in [-0.2, 0) is 10.2 Å². The number of pyridine rings is 1. The molecule has 0 atom stereocenters. The number of nitriles is 1. The van der Waals surface area contributed by atoms with Crippen LogP contribution in [0.4, 0.5) is 19.5 Å². The Morgan fingerprint density at radius 1 is 1.29 bits per heavy atom. The monoisotopic (exact) mass is 466 g/mol. The third kappa shape index (κ3) is 4.73. The molecule has 1 aliphatic carbocycles. The molecule has 8 nitrogen and oxygen atoms in total. The minimum atomic E-state index is -1.13. The molecule has 0 unspecified atom stereocenters. The lowest BCUT2D eigenvalue weighted by Gasteiger charge is -2.45. The van der Waals surface area contributed by atoms with Crippen LogP contribution in [-0.4, -0.2) is 43.9 Å². The van der Waals surface area contributed by atoms with E-state index in [1.54, 1.807) is 43.8 Å². The molecule has 176 valence electrons. The zero-order valence-corrected chi connectivity index (χ0v) is 19.1. The highest BCUT2D eigenvalue weighted by molar-refractivity contribution is 5.86. The van der Waals surface area contributed by atoms with E-state index in [0.29, 0.717) is 11.3 Å². The molecule has 4 rings (SSSR count). The predicted octanol–water partition coefficient (Wildman–Crippen LogP) is 4.48. The quantitative estimate of drug-likeness (QED) is 0.550. The molecule has 10 heteroatoms. The lowest BCUT2D eigenvalue weighted by Crippen LogP contribution is -2.54. The van der Waals surface area contributed by atoms with E-state index in [4.69, 9.17) is 10.00 Å². The zero-order valence-electron chi connectivity index (χ0n) is 19.1. The average Bonchev–Trinajstić information content (AvgIpc) is 3.24. The third-order valence-electron chi connectivity index (χ3n) is 5.55. The molecule has 0 aliphatic heterocycles. The van der Waals surface area contributed by atoms with Crippen LogP contribution in [0.3, 0.4) is 0 Å². The number of anilines is 1. The highest BCUT2D eigenvalue weighted by Gasteiger charge is 2.51. The second-order valence-corrected chi connectivity index (χ2v) is 9.35. The van der Waals surface area contributed by atoms with Crippen LogP contribution < -0.4 is 4.90 Å². The van der Waals surface area contributed by atoms with Crippen molar-refractivity contribution < 1.29 is 18.3 Å². The van der Waals surface area contributed by atoms with Gasteiger partial charge in [0.2, 0.25) is 5.95 Å². The van der Waals surface area contributed by atoms with Crippen LogP contribution in [0.25, 0.3) is 5.69 Å². The van der Waals surface area contributed by atoms with Gasteiger partial charge in [0.05, 0.1) is 29.3 Å². The van der Waals surface area contributed by atoms with Gasteiger partial charge in [-0.1, -0.05) is 0 Å². The molecule has 34 heavy (non-hydrogen) atoms. The molecule has 0 saturated heterocycles. The van der Waals surface area contributed by atoms with Gasteiger partial charge in [0.25, 0.3) is 0 Å². The van der Waals surface area contributed by atoms with Crippen molar-refractivity contribution in [3.8, 4) is 11.8 Å². The van der Waals surface area contributed by atoms with E-state index in [0.717, 1.165) is 0 Å². The molecule has 1 saturated carbocycles. The summed E-state index contributed by atoms with van der Waals surface area (Å²) in [7, 11) is 0. The number of carbonyl (C=O) groups is 1. The molecule has 0 N–H and O–H groups in total. The molecule has 1 amide bonds. The van der Waals surface area contributed by atoms with Crippen molar-refractivity contribution >= 4 is 12.0 Å². The highest BCUT2D eigenvalue weighted by atomic mass is 19.1. The summed E-state index contributed by atoms with van der Waals surface area (Å²) in [5.74, 6) is -0.528. The first-order chi connectivity index (χ1) is 16.1. The molecule has 1 aliphatic rings. The normalized spacial score (nSPS) is 19.7. The first-order valence-electron chi connectivity index (χ1n) is 10.8. The van der Waals surface area contributed by atoms with Gasteiger partial charge in [0.1, 0.15) is 23.7 Å². The maximum absolute atomic E-state index is 14.7. The fourth-order valence-electron chi connectivity index (χ4n) is 4.01. The van der Waals surface area contributed by atoms with E-state index in [9.17, 15) is 13.6 Å². The Morgan fingerprint density at radius 3 is 2.56 bits per heavy atom. The van der Waals surface area contributed by atoms with Crippen molar-refractivity contribution in [1.29, 1.82) is 5.26 Å². The summed E-state index contributed by atoms with van der Waals surface area (Å²) in [5.41, 5.74) is -0.687. The van der Waals surface area contributed by atoms with Gasteiger partial charge in [0.15, 0.2) is 0 Å². The van der Waals surface area contributed by atoms with E-state index in [2.05, 4.69) is 15.0 Å². The summed E-state index contributed by atoms with van der Waals surface area (Å²) < 4.78 is 36.0. The van der Waals surface area contributed by atoms with Crippen LogP contribution >= 0.6 is 0 Å². The van der Waals surface area contributed by atoms with E-state index >= 15 is 0 Å². The van der Waals surface area contributed by atoms with E-state index in [-0.39, 0.29) is 31.0 Å². The summed E-state index contributed by atoms with van der Waals surface area (Å²) in [5, 5.41) is 9.03. The number of nitrogens with zero attached hydrogens (tertiary/aromatic N) is 6.